The molecule has 0 bridgehead atoms. The van der Waals surface area contributed by atoms with Crippen molar-refractivity contribution in [1.82, 2.24) is 5.32 Å². The fraction of sp³-hybridized carbons (Fsp3) is 0.833. The average molecular weight is 111 g/mol. The van der Waals surface area contributed by atoms with Crippen molar-refractivity contribution in [2.75, 3.05) is 0 Å². The Labute approximate surface area is 48.3 Å². The summed E-state index contributed by atoms with van der Waals surface area (Å²) >= 11 is 0. The number of ketones is 1. The van der Waals surface area contributed by atoms with E-state index in [4.69, 9.17) is 0 Å². The van der Waals surface area contributed by atoms with Crippen LogP contribution in [-0.4, -0.2) is 17.9 Å². The molecule has 0 radical (unpaired) electrons. The van der Waals surface area contributed by atoms with Crippen molar-refractivity contribution in [2.45, 2.75) is 31.3 Å². The summed E-state index contributed by atoms with van der Waals surface area (Å²) < 4.78 is 0. The highest BCUT2D eigenvalue weighted by Crippen LogP contribution is 2.25. The Bertz CT molecular complexity index is 132. The molecule has 44 valence electrons. The summed E-state index contributed by atoms with van der Waals surface area (Å²) in [5.74, 6) is 0.432. The lowest BCUT2D eigenvalue weighted by molar-refractivity contribution is -0.119. The monoisotopic (exact) mass is 111 g/mol. The standard InChI is InChI=1S/C6H9NO/c8-5-3-1-2-4-6(5)7-4/h4,6-7H,1-3H2/t4-,6-/m0/s1. The predicted molar refractivity (Wildman–Crippen MR) is 29.6 cm³/mol. The second-order valence-electron chi connectivity index (χ2n) is 2.61. The van der Waals surface area contributed by atoms with Crippen molar-refractivity contribution in [3.05, 3.63) is 0 Å². The number of Topliss-reactive ketones (excluding diaryl/α,β-unsaturated/α-hetero) is 1. The van der Waals surface area contributed by atoms with Crippen LogP contribution in [0.5, 0.6) is 0 Å². The van der Waals surface area contributed by atoms with Gasteiger partial charge in [0, 0.05) is 12.5 Å². The number of fused-ring (bicyclic) bond motifs is 1. The maximum absolute atomic E-state index is 10.8. The lowest BCUT2D eigenvalue weighted by Crippen LogP contribution is -2.14. The molecule has 8 heavy (non-hydrogen) atoms. The molecule has 1 aliphatic heterocycles. The molecule has 2 nitrogen and oxygen atoms in total. The molecule has 0 aromatic carbocycles. The summed E-state index contributed by atoms with van der Waals surface area (Å²) in [7, 11) is 0. The highest BCUT2D eigenvalue weighted by molar-refractivity contribution is 5.88. The van der Waals surface area contributed by atoms with Gasteiger partial charge in [-0.3, -0.25) is 4.79 Å². The van der Waals surface area contributed by atoms with E-state index in [2.05, 4.69) is 5.32 Å². The van der Waals surface area contributed by atoms with Gasteiger partial charge < -0.3 is 5.32 Å². The van der Waals surface area contributed by atoms with Gasteiger partial charge >= 0.3 is 0 Å². The van der Waals surface area contributed by atoms with Crippen molar-refractivity contribution in [1.29, 1.82) is 0 Å². The maximum atomic E-state index is 10.8. The van der Waals surface area contributed by atoms with Gasteiger partial charge in [0.05, 0.1) is 6.04 Å². The van der Waals surface area contributed by atoms with Gasteiger partial charge in [0.15, 0.2) is 5.78 Å². The van der Waals surface area contributed by atoms with Gasteiger partial charge in [-0.1, -0.05) is 0 Å². The van der Waals surface area contributed by atoms with Crippen LogP contribution < -0.4 is 5.32 Å². The van der Waals surface area contributed by atoms with Gasteiger partial charge in [-0.15, -0.1) is 0 Å². The smallest absolute Gasteiger partial charge is 0.151 e. The number of rotatable bonds is 0. The van der Waals surface area contributed by atoms with E-state index in [0.717, 1.165) is 12.8 Å². The number of hydrogen-bond acceptors (Lipinski definition) is 2. The average Bonchev–Trinajstić information content (AvgIpc) is 2.45. The van der Waals surface area contributed by atoms with Crippen molar-refractivity contribution in [3.63, 3.8) is 0 Å². The van der Waals surface area contributed by atoms with Crippen LogP contribution >= 0.6 is 0 Å². The number of carbonyl (C=O) groups excluding carboxylic acids is 1. The first-order chi connectivity index (χ1) is 3.88. The molecule has 0 aromatic heterocycles. The molecule has 0 amide bonds. The Hall–Kier alpha value is -0.370. The van der Waals surface area contributed by atoms with Crippen molar-refractivity contribution >= 4 is 5.78 Å². The minimum Gasteiger partial charge on any atom is -0.301 e. The van der Waals surface area contributed by atoms with Gasteiger partial charge in [-0.2, -0.15) is 0 Å². The van der Waals surface area contributed by atoms with E-state index >= 15 is 0 Å². The Morgan fingerprint density at radius 3 is 3.12 bits per heavy atom. The molecular formula is C6H9NO. The van der Waals surface area contributed by atoms with Crippen LogP contribution in [0.25, 0.3) is 0 Å². The molecule has 2 rings (SSSR count). The summed E-state index contributed by atoms with van der Waals surface area (Å²) in [6, 6.07) is 0.861. The van der Waals surface area contributed by atoms with Crippen molar-refractivity contribution in [3.8, 4) is 0 Å². The normalized spacial score (nSPS) is 43.8. The zero-order chi connectivity index (χ0) is 5.56. The number of carbonyl (C=O) groups is 1. The molecule has 2 heteroatoms. The van der Waals surface area contributed by atoms with Crippen molar-refractivity contribution < 1.29 is 4.79 Å². The predicted octanol–water partition coefficient (Wildman–Crippen LogP) is 0.0798. The second-order valence-corrected chi connectivity index (χ2v) is 2.61. The minimum absolute atomic E-state index is 0.281. The summed E-state index contributed by atoms with van der Waals surface area (Å²) in [5.41, 5.74) is 0. The molecule has 0 aromatic rings. The Morgan fingerprint density at radius 1 is 1.62 bits per heavy atom. The van der Waals surface area contributed by atoms with Crippen LogP contribution in [0.15, 0.2) is 0 Å². The lowest BCUT2D eigenvalue weighted by atomic mass is 10.00. The fourth-order valence-electron chi connectivity index (χ4n) is 1.39. The molecule has 1 saturated carbocycles. The van der Waals surface area contributed by atoms with E-state index in [1.165, 1.54) is 6.42 Å². The largest absolute Gasteiger partial charge is 0.301 e. The van der Waals surface area contributed by atoms with Crippen LogP contribution in [0.4, 0.5) is 0 Å². The van der Waals surface area contributed by atoms with Crippen LogP contribution in [0, 0.1) is 0 Å². The van der Waals surface area contributed by atoms with Gasteiger partial charge in [-0.05, 0) is 12.8 Å². The van der Waals surface area contributed by atoms with E-state index < -0.39 is 0 Å². The number of hydrogen-bond donors (Lipinski definition) is 1. The van der Waals surface area contributed by atoms with Gasteiger partial charge in [0.2, 0.25) is 0 Å². The van der Waals surface area contributed by atoms with Crippen LogP contribution in [0.1, 0.15) is 19.3 Å². The van der Waals surface area contributed by atoms with Gasteiger partial charge in [0.25, 0.3) is 0 Å². The van der Waals surface area contributed by atoms with Gasteiger partial charge in [-0.25, -0.2) is 0 Å². The first kappa shape index (κ1) is 4.50. The first-order valence-corrected chi connectivity index (χ1v) is 3.17. The maximum Gasteiger partial charge on any atom is 0.151 e. The summed E-state index contributed by atoms with van der Waals surface area (Å²) in [6.07, 6.45) is 3.14. The second kappa shape index (κ2) is 1.32. The molecule has 1 heterocycles. The zero-order valence-corrected chi connectivity index (χ0v) is 4.68. The zero-order valence-electron chi connectivity index (χ0n) is 4.68. The van der Waals surface area contributed by atoms with E-state index in [1.807, 2.05) is 0 Å². The van der Waals surface area contributed by atoms with Crippen molar-refractivity contribution in [2.24, 2.45) is 0 Å². The Kier molecular flexibility index (Phi) is 0.742. The summed E-state index contributed by atoms with van der Waals surface area (Å²) in [5, 5.41) is 3.13. The minimum atomic E-state index is 0.281. The third-order valence-corrected chi connectivity index (χ3v) is 1.97. The molecule has 2 aliphatic rings. The topological polar surface area (TPSA) is 39.0 Å². The van der Waals surface area contributed by atoms with Crippen LogP contribution in [-0.2, 0) is 4.79 Å². The van der Waals surface area contributed by atoms with Crippen LogP contribution in [0.3, 0.4) is 0 Å². The quantitative estimate of drug-likeness (QED) is 0.449. The molecule has 0 spiro atoms. The molecule has 1 saturated heterocycles. The summed E-state index contributed by atoms with van der Waals surface area (Å²) in [6.45, 7) is 0. The molecule has 2 fully saturated rings. The first-order valence-electron chi connectivity index (χ1n) is 3.17. The molecule has 2 atom stereocenters. The molecule has 0 unspecified atom stereocenters. The third kappa shape index (κ3) is 0.494. The van der Waals surface area contributed by atoms with E-state index in [9.17, 15) is 4.79 Å². The lowest BCUT2D eigenvalue weighted by Gasteiger charge is -2.02. The van der Waals surface area contributed by atoms with Gasteiger partial charge in [0.1, 0.15) is 0 Å². The molecule has 1 N–H and O–H groups in total. The van der Waals surface area contributed by atoms with Crippen LogP contribution in [0.2, 0.25) is 0 Å². The third-order valence-electron chi connectivity index (χ3n) is 1.97. The highest BCUT2D eigenvalue weighted by atomic mass is 16.1. The van der Waals surface area contributed by atoms with E-state index in [-0.39, 0.29) is 6.04 Å². The molecular weight excluding hydrogens is 102 g/mol. The summed E-state index contributed by atoms with van der Waals surface area (Å²) in [4.78, 5) is 10.8. The number of nitrogens with one attached hydrogen (secondary N) is 1. The molecule has 1 aliphatic carbocycles. The highest BCUT2D eigenvalue weighted by Gasteiger charge is 2.43. The fourth-order valence-corrected chi connectivity index (χ4v) is 1.39. The Balaban J connectivity index is 2.08. The SMILES string of the molecule is O=C1CCC[C@@H]2N[C@H]12. The van der Waals surface area contributed by atoms with E-state index in [1.54, 1.807) is 0 Å². The van der Waals surface area contributed by atoms with E-state index in [0.29, 0.717) is 11.8 Å². The Morgan fingerprint density at radius 2 is 2.50 bits per heavy atom.